The quantitative estimate of drug-likeness (QED) is 0.742. The van der Waals surface area contributed by atoms with Gasteiger partial charge in [-0.1, -0.05) is 0 Å². The number of carbonyl (C=O) groups is 2. The number of sulfone groups is 1. The Labute approximate surface area is 129 Å². The molecular formula is C14H19NO6S. The normalized spacial score (nSPS) is 11.0. The number of rotatable bonds is 8. The standard InChI is InChI=1S/C14H19NO6S/c1-10-8-11(21-9-14(17)18)5-6-12(10)15-13(16)4-3-7-22(2,19)20/h5-6,8H,3-4,7,9H2,1-2H3,(H,15,16)(H,17,18). The number of carboxylic acids is 1. The van der Waals surface area contributed by atoms with Gasteiger partial charge in [0.1, 0.15) is 15.6 Å². The molecule has 1 aromatic rings. The van der Waals surface area contributed by atoms with Gasteiger partial charge in [-0.25, -0.2) is 13.2 Å². The lowest BCUT2D eigenvalue weighted by Crippen LogP contribution is -2.14. The molecule has 1 amide bonds. The molecule has 0 aliphatic rings. The molecule has 0 heterocycles. The molecule has 0 spiro atoms. The second kappa shape index (κ2) is 7.79. The lowest BCUT2D eigenvalue weighted by atomic mass is 10.2. The maximum Gasteiger partial charge on any atom is 0.341 e. The van der Waals surface area contributed by atoms with E-state index in [1.54, 1.807) is 25.1 Å². The van der Waals surface area contributed by atoms with Crippen molar-refractivity contribution in [2.45, 2.75) is 19.8 Å². The van der Waals surface area contributed by atoms with Gasteiger partial charge in [0.15, 0.2) is 6.61 Å². The van der Waals surface area contributed by atoms with Crippen molar-refractivity contribution in [3.8, 4) is 5.75 Å². The van der Waals surface area contributed by atoms with E-state index < -0.39 is 22.4 Å². The Bertz CT molecular complexity index is 653. The lowest BCUT2D eigenvalue weighted by Gasteiger charge is -2.10. The Morgan fingerprint density at radius 1 is 1.32 bits per heavy atom. The van der Waals surface area contributed by atoms with Gasteiger partial charge in [-0.3, -0.25) is 4.79 Å². The van der Waals surface area contributed by atoms with Gasteiger partial charge in [0.2, 0.25) is 5.91 Å². The van der Waals surface area contributed by atoms with Crippen LogP contribution in [0.4, 0.5) is 5.69 Å². The maximum absolute atomic E-state index is 11.7. The first-order valence-electron chi connectivity index (χ1n) is 6.60. The van der Waals surface area contributed by atoms with Gasteiger partial charge in [-0.2, -0.15) is 0 Å². The van der Waals surface area contributed by atoms with Gasteiger partial charge < -0.3 is 15.2 Å². The van der Waals surface area contributed by atoms with Crippen LogP contribution in [0.1, 0.15) is 18.4 Å². The number of anilines is 1. The van der Waals surface area contributed by atoms with Crippen LogP contribution in [0.3, 0.4) is 0 Å². The number of ether oxygens (including phenoxy) is 1. The van der Waals surface area contributed by atoms with Crippen LogP contribution in [-0.2, 0) is 19.4 Å². The molecule has 22 heavy (non-hydrogen) atoms. The molecule has 0 fully saturated rings. The van der Waals surface area contributed by atoms with E-state index in [1.165, 1.54) is 0 Å². The summed E-state index contributed by atoms with van der Waals surface area (Å²) in [6.07, 6.45) is 1.51. The highest BCUT2D eigenvalue weighted by Gasteiger charge is 2.09. The topological polar surface area (TPSA) is 110 Å². The highest BCUT2D eigenvalue weighted by molar-refractivity contribution is 7.90. The number of benzene rings is 1. The fourth-order valence-corrected chi connectivity index (χ4v) is 2.39. The number of aliphatic carboxylic acids is 1. The summed E-state index contributed by atoms with van der Waals surface area (Å²) in [6.45, 7) is 1.32. The van der Waals surface area contributed by atoms with Crippen molar-refractivity contribution in [3.05, 3.63) is 23.8 Å². The van der Waals surface area contributed by atoms with Crippen molar-refractivity contribution in [1.29, 1.82) is 0 Å². The fourth-order valence-electron chi connectivity index (χ4n) is 1.72. The number of carbonyl (C=O) groups excluding carboxylic acids is 1. The summed E-state index contributed by atoms with van der Waals surface area (Å²) in [5.74, 6) is -0.969. The molecule has 1 aromatic carbocycles. The van der Waals surface area contributed by atoms with Crippen LogP contribution >= 0.6 is 0 Å². The monoisotopic (exact) mass is 329 g/mol. The zero-order valence-corrected chi connectivity index (χ0v) is 13.3. The number of aryl methyl sites for hydroxylation is 1. The maximum atomic E-state index is 11.7. The molecule has 1 rings (SSSR count). The Morgan fingerprint density at radius 2 is 2.00 bits per heavy atom. The lowest BCUT2D eigenvalue weighted by molar-refractivity contribution is -0.139. The summed E-state index contributed by atoms with van der Waals surface area (Å²) >= 11 is 0. The minimum atomic E-state index is -3.06. The highest BCUT2D eigenvalue weighted by atomic mass is 32.2. The summed E-state index contributed by atoms with van der Waals surface area (Å²) in [6, 6.07) is 4.79. The Hall–Kier alpha value is -2.09. The van der Waals surface area contributed by atoms with Gasteiger partial charge in [0, 0.05) is 18.4 Å². The molecule has 0 unspecified atom stereocenters. The number of amides is 1. The van der Waals surface area contributed by atoms with Crippen LogP contribution < -0.4 is 10.1 Å². The SMILES string of the molecule is Cc1cc(OCC(=O)O)ccc1NC(=O)CCCS(C)(=O)=O. The smallest absolute Gasteiger partial charge is 0.341 e. The Kier molecular flexibility index (Phi) is 6.36. The molecule has 0 saturated carbocycles. The van der Waals surface area contributed by atoms with E-state index in [9.17, 15) is 18.0 Å². The summed E-state index contributed by atoms with van der Waals surface area (Å²) < 4.78 is 27.0. The minimum Gasteiger partial charge on any atom is -0.482 e. The van der Waals surface area contributed by atoms with Crippen LogP contribution in [0.5, 0.6) is 5.75 Å². The third kappa shape index (κ3) is 7.07. The second-order valence-corrected chi connectivity index (χ2v) is 7.20. The predicted octanol–water partition coefficient (Wildman–Crippen LogP) is 1.22. The molecule has 2 N–H and O–H groups in total. The minimum absolute atomic E-state index is 0.0264. The van der Waals surface area contributed by atoms with Crippen LogP contribution in [0, 0.1) is 6.92 Å². The fraction of sp³-hybridized carbons (Fsp3) is 0.429. The largest absolute Gasteiger partial charge is 0.482 e. The molecule has 7 nitrogen and oxygen atoms in total. The molecule has 8 heteroatoms. The second-order valence-electron chi connectivity index (χ2n) is 4.94. The number of carboxylic acid groups (broad SMARTS) is 1. The van der Waals surface area contributed by atoms with Gasteiger partial charge in [-0.05, 0) is 37.1 Å². The summed E-state index contributed by atoms with van der Waals surface area (Å²) in [7, 11) is -3.06. The van der Waals surface area contributed by atoms with Crippen LogP contribution in [0.15, 0.2) is 18.2 Å². The van der Waals surface area contributed by atoms with Crippen molar-refractivity contribution < 1.29 is 27.9 Å². The van der Waals surface area contributed by atoms with Crippen molar-refractivity contribution in [2.24, 2.45) is 0 Å². The third-order valence-corrected chi connectivity index (χ3v) is 3.78. The molecule has 0 bridgehead atoms. The van der Waals surface area contributed by atoms with Crippen molar-refractivity contribution in [3.63, 3.8) is 0 Å². The number of hydrogen-bond donors (Lipinski definition) is 2. The van der Waals surface area contributed by atoms with Crippen molar-refractivity contribution in [2.75, 3.05) is 23.9 Å². The number of hydrogen-bond acceptors (Lipinski definition) is 5. The first kappa shape index (κ1) is 18.0. The zero-order valence-electron chi connectivity index (χ0n) is 12.5. The van der Waals surface area contributed by atoms with E-state index in [4.69, 9.17) is 9.84 Å². The van der Waals surface area contributed by atoms with Gasteiger partial charge in [0.25, 0.3) is 0 Å². The highest BCUT2D eigenvalue weighted by Crippen LogP contribution is 2.21. The summed E-state index contributed by atoms with van der Waals surface area (Å²) in [4.78, 5) is 22.2. The molecule has 0 atom stereocenters. The zero-order chi connectivity index (χ0) is 16.8. The Morgan fingerprint density at radius 3 is 2.55 bits per heavy atom. The van der Waals surface area contributed by atoms with E-state index in [-0.39, 0.29) is 24.5 Å². The van der Waals surface area contributed by atoms with E-state index >= 15 is 0 Å². The molecule has 0 aliphatic heterocycles. The van der Waals surface area contributed by atoms with Crippen LogP contribution in [0.2, 0.25) is 0 Å². The van der Waals surface area contributed by atoms with E-state index in [0.717, 1.165) is 11.8 Å². The molecule has 0 saturated heterocycles. The molecular weight excluding hydrogens is 310 g/mol. The molecule has 0 radical (unpaired) electrons. The first-order valence-corrected chi connectivity index (χ1v) is 8.66. The molecule has 0 aliphatic carbocycles. The Balaban J connectivity index is 2.55. The summed E-state index contributed by atoms with van der Waals surface area (Å²) in [5.41, 5.74) is 1.30. The van der Waals surface area contributed by atoms with E-state index in [1.807, 2.05) is 0 Å². The van der Waals surface area contributed by atoms with Crippen LogP contribution in [0.25, 0.3) is 0 Å². The third-order valence-electron chi connectivity index (χ3n) is 2.75. The molecule has 122 valence electrons. The molecule has 0 aromatic heterocycles. The van der Waals surface area contributed by atoms with Gasteiger partial charge >= 0.3 is 5.97 Å². The average molecular weight is 329 g/mol. The van der Waals surface area contributed by atoms with E-state index in [0.29, 0.717) is 11.4 Å². The first-order chi connectivity index (χ1) is 10.2. The number of nitrogens with one attached hydrogen (secondary N) is 1. The average Bonchev–Trinajstić information content (AvgIpc) is 2.37. The van der Waals surface area contributed by atoms with Crippen LogP contribution in [-0.4, -0.2) is 44.0 Å². The van der Waals surface area contributed by atoms with Gasteiger partial charge in [0.05, 0.1) is 5.75 Å². The summed E-state index contributed by atoms with van der Waals surface area (Å²) in [5, 5.41) is 11.2. The van der Waals surface area contributed by atoms with Crippen molar-refractivity contribution >= 4 is 27.4 Å². The predicted molar refractivity (Wildman–Crippen MR) is 81.9 cm³/mol. The van der Waals surface area contributed by atoms with Gasteiger partial charge in [-0.15, -0.1) is 0 Å². The van der Waals surface area contributed by atoms with E-state index in [2.05, 4.69) is 5.32 Å². The van der Waals surface area contributed by atoms with Crippen molar-refractivity contribution in [1.82, 2.24) is 0 Å².